The topological polar surface area (TPSA) is 59.0 Å². The molecule has 1 aromatic rings. The molecule has 0 radical (unpaired) electrons. The van der Waals surface area contributed by atoms with E-state index in [1.165, 1.54) is 0 Å². The first-order valence-corrected chi connectivity index (χ1v) is 7.05. The number of hydrogen-bond donors (Lipinski definition) is 2. The van der Waals surface area contributed by atoms with Crippen LogP contribution in [0.25, 0.3) is 0 Å². The zero-order valence-corrected chi connectivity index (χ0v) is 12.4. The van der Waals surface area contributed by atoms with E-state index in [1.54, 1.807) is 6.33 Å². The molecular weight excluding hydrogens is 240 g/mol. The zero-order chi connectivity index (χ0) is 14.3. The molecule has 1 unspecified atom stereocenters. The van der Waals surface area contributed by atoms with Crippen LogP contribution in [-0.2, 0) is 11.3 Å². The second kappa shape index (κ2) is 7.94. The molecule has 1 rings (SSSR count). The predicted octanol–water partition coefficient (Wildman–Crippen LogP) is 1.72. The maximum Gasteiger partial charge on any atom is 0.242 e. The predicted molar refractivity (Wildman–Crippen MR) is 76.8 cm³/mol. The Hall–Kier alpha value is -1.36. The van der Waals surface area contributed by atoms with Crippen LogP contribution >= 0.6 is 0 Å². The molecule has 5 nitrogen and oxygen atoms in total. The van der Waals surface area contributed by atoms with E-state index in [2.05, 4.69) is 29.5 Å². The molecule has 1 heterocycles. The fourth-order valence-electron chi connectivity index (χ4n) is 1.83. The van der Waals surface area contributed by atoms with Gasteiger partial charge in [0.1, 0.15) is 6.04 Å². The van der Waals surface area contributed by atoms with E-state index in [-0.39, 0.29) is 11.9 Å². The molecule has 5 heteroatoms. The van der Waals surface area contributed by atoms with Crippen molar-refractivity contribution in [2.75, 3.05) is 13.1 Å². The van der Waals surface area contributed by atoms with Crippen molar-refractivity contribution in [3.05, 3.63) is 18.2 Å². The van der Waals surface area contributed by atoms with Gasteiger partial charge in [0.2, 0.25) is 5.91 Å². The Morgan fingerprint density at radius 1 is 1.42 bits per heavy atom. The summed E-state index contributed by atoms with van der Waals surface area (Å²) in [6.07, 6.45) is 4.49. The number of amides is 1. The van der Waals surface area contributed by atoms with E-state index in [0.29, 0.717) is 5.92 Å². The van der Waals surface area contributed by atoms with Gasteiger partial charge in [-0.3, -0.25) is 4.79 Å². The lowest BCUT2D eigenvalue weighted by atomic mass is 10.2. The number of nitrogens with zero attached hydrogens (tertiary/aromatic N) is 2. The largest absolute Gasteiger partial charge is 0.354 e. The molecule has 2 N–H and O–H groups in total. The summed E-state index contributed by atoms with van der Waals surface area (Å²) in [5.41, 5.74) is 1.04. The fraction of sp³-hybridized carbons (Fsp3) is 0.714. The van der Waals surface area contributed by atoms with Crippen molar-refractivity contribution in [2.45, 2.75) is 46.7 Å². The Bertz CT molecular complexity index is 387. The van der Waals surface area contributed by atoms with Crippen molar-refractivity contribution in [1.29, 1.82) is 0 Å². The molecule has 0 fully saturated rings. The average molecular weight is 266 g/mol. The van der Waals surface area contributed by atoms with Crippen LogP contribution in [0.3, 0.4) is 0 Å². The summed E-state index contributed by atoms with van der Waals surface area (Å²) in [7, 11) is 0. The maximum absolute atomic E-state index is 12.0. The van der Waals surface area contributed by atoms with E-state index in [4.69, 9.17) is 0 Å². The summed E-state index contributed by atoms with van der Waals surface area (Å²) in [6.45, 7) is 10.7. The van der Waals surface area contributed by atoms with Crippen molar-refractivity contribution >= 4 is 5.91 Å². The fourth-order valence-corrected chi connectivity index (χ4v) is 1.83. The summed E-state index contributed by atoms with van der Waals surface area (Å²) < 4.78 is 1.93. The molecule has 1 atom stereocenters. The Balaban J connectivity index is 2.57. The van der Waals surface area contributed by atoms with Crippen molar-refractivity contribution in [3.8, 4) is 0 Å². The third-order valence-corrected chi connectivity index (χ3v) is 2.95. The van der Waals surface area contributed by atoms with Crippen molar-refractivity contribution in [1.82, 2.24) is 20.2 Å². The molecule has 0 aliphatic rings. The van der Waals surface area contributed by atoms with Gasteiger partial charge in [-0.2, -0.15) is 0 Å². The summed E-state index contributed by atoms with van der Waals surface area (Å²) in [5.74, 6) is 0.659. The normalized spacial score (nSPS) is 12.7. The Kier molecular flexibility index (Phi) is 6.56. The Morgan fingerprint density at radius 2 is 2.16 bits per heavy atom. The number of carbonyl (C=O) groups excluding carboxylic acids is 1. The Morgan fingerprint density at radius 3 is 2.79 bits per heavy atom. The van der Waals surface area contributed by atoms with Crippen LogP contribution in [-0.4, -0.2) is 28.5 Å². The number of nitrogens with one attached hydrogen (secondary N) is 2. The second-order valence-corrected chi connectivity index (χ2v) is 5.28. The van der Waals surface area contributed by atoms with E-state index >= 15 is 0 Å². The van der Waals surface area contributed by atoms with Crippen molar-refractivity contribution in [2.24, 2.45) is 5.92 Å². The molecule has 0 aliphatic heterocycles. The minimum absolute atomic E-state index is 0.0463. The van der Waals surface area contributed by atoms with Gasteiger partial charge in [-0.15, -0.1) is 0 Å². The Labute approximate surface area is 115 Å². The van der Waals surface area contributed by atoms with Gasteiger partial charge in [-0.05, 0) is 25.8 Å². The van der Waals surface area contributed by atoms with Crippen LogP contribution in [0.5, 0.6) is 0 Å². The monoisotopic (exact) mass is 266 g/mol. The minimum Gasteiger partial charge on any atom is -0.354 e. The van der Waals surface area contributed by atoms with E-state index in [9.17, 15) is 4.79 Å². The lowest BCUT2D eigenvalue weighted by molar-refractivity contribution is -0.123. The number of carbonyl (C=O) groups is 1. The molecule has 19 heavy (non-hydrogen) atoms. The number of imidazole rings is 1. The third-order valence-electron chi connectivity index (χ3n) is 2.95. The zero-order valence-electron chi connectivity index (χ0n) is 12.4. The van der Waals surface area contributed by atoms with Crippen LogP contribution in [0.4, 0.5) is 0 Å². The maximum atomic E-state index is 12.0. The summed E-state index contributed by atoms with van der Waals surface area (Å²) in [6, 6.07) is -0.218. The third kappa shape index (κ3) is 5.03. The molecule has 0 bridgehead atoms. The number of aromatic nitrogens is 2. The van der Waals surface area contributed by atoms with Gasteiger partial charge in [0.05, 0.1) is 12.0 Å². The smallest absolute Gasteiger partial charge is 0.242 e. The first-order chi connectivity index (χ1) is 9.06. The SMILES string of the molecule is CCCNC(=O)C(C)n1cncc1CNCC(C)C. The van der Waals surface area contributed by atoms with Crippen LogP contribution < -0.4 is 10.6 Å². The van der Waals surface area contributed by atoms with Gasteiger partial charge >= 0.3 is 0 Å². The first-order valence-electron chi connectivity index (χ1n) is 7.05. The lowest BCUT2D eigenvalue weighted by Crippen LogP contribution is -2.32. The van der Waals surface area contributed by atoms with Crippen molar-refractivity contribution in [3.63, 3.8) is 0 Å². The van der Waals surface area contributed by atoms with Crippen molar-refractivity contribution < 1.29 is 4.79 Å². The van der Waals surface area contributed by atoms with E-state index in [1.807, 2.05) is 24.6 Å². The highest BCUT2D eigenvalue weighted by molar-refractivity contribution is 5.79. The summed E-state index contributed by atoms with van der Waals surface area (Å²) in [5, 5.41) is 6.29. The molecule has 0 saturated heterocycles. The van der Waals surface area contributed by atoms with Gasteiger partial charge in [-0.25, -0.2) is 4.98 Å². The van der Waals surface area contributed by atoms with Gasteiger partial charge in [0, 0.05) is 19.3 Å². The van der Waals surface area contributed by atoms with Gasteiger partial charge < -0.3 is 15.2 Å². The second-order valence-electron chi connectivity index (χ2n) is 5.28. The van der Waals surface area contributed by atoms with Crippen LogP contribution in [0.2, 0.25) is 0 Å². The molecule has 1 amide bonds. The van der Waals surface area contributed by atoms with Gasteiger partial charge in [-0.1, -0.05) is 20.8 Å². The van der Waals surface area contributed by atoms with Crippen LogP contribution in [0.1, 0.15) is 45.9 Å². The molecule has 0 spiro atoms. The number of rotatable bonds is 8. The summed E-state index contributed by atoms with van der Waals surface area (Å²) >= 11 is 0. The van der Waals surface area contributed by atoms with E-state index < -0.39 is 0 Å². The first kappa shape index (κ1) is 15.7. The summed E-state index contributed by atoms with van der Waals surface area (Å²) in [4.78, 5) is 16.1. The van der Waals surface area contributed by atoms with Gasteiger partial charge in [0.15, 0.2) is 0 Å². The quantitative estimate of drug-likeness (QED) is 0.753. The molecule has 1 aromatic heterocycles. The number of hydrogen-bond acceptors (Lipinski definition) is 3. The standard InChI is InChI=1S/C14H26N4O/c1-5-6-17-14(19)12(4)18-10-16-9-13(18)8-15-7-11(2)3/h9-12,15H,5-8H2,1-4H3,(H,17,19). The lowest BCUT2D eigenvalue weighted by Gasteiger charge is -2.17. The van der Waals surface area contributed by atoms with Crippen LogP contribution in [0.15, 0.2) is 12.5 Å². The minimum atomic E-state index is -0.218. The molecule has 0 aliphatic carbocycles. The highest BCUT2D eigenvalue weighted by Crippen LogP contribution is 2.10. The molecule has 0 aromatic carbocycles. The average Bonchev–Trinajstić information content (AvgIpc) is 2.82. The highest BCUT2D eigenvalue weighted by atomic mass is 16.2. The van der Waals surface area contributed by atoms with E-state index in [0.717, 1.165) is 31.7 Å². The molecule has 108 valence electrons. The molecular formula is C14H26N4O. The van der Waals surface area contributed by atoms with Crippen LogP contribution in [0, 0.1) is 5.92 Å². The van der Waals surface area contributed by atoms with Gasteiger partial charge in [0.25, 0.3) is 0 Å². The molecule has 0 saturated carbocycles. The highest BCUT2D eigenvalue weighted by Gasteiger charge is 2.16.